The molecule has 1 nitrogen and oxygen atoms in total. The Morgan fingerprint density at radius 1 is 1.33 bits per heavy atom. The fourth-order valence-corrected chi connectivity index (χ4v) is 2.54. The third-order valence-corrected chi connectivity index (χ3v) is 3.38. The molecule has 1 heterocycles. The Hall–Kier alpha value is -0.0400. The Kier molecular flexibility index (Phi) is 3.57. The van der Waals surface area contributed by atoms with E-state index < -0.39 is 0 Å². The number of hydrogen-bond acceptors (Lipinski definition) is 1. The minimum Gasteiger partial charge on any atom is -0.300 e. The average molecular weight is 169 g/mol. The zero-order valence-corrected chi connectivity index (χ0v) is 9.01. The molecule has 1 saturated heterocycles. The lowest BCUT2D eigenvalue weighted by Crippen LogP contribution is -2.46. The topological polar surface area (TPSA) is 3.24 Å². The van der Waals surface area contributed by atoms with Crippen molar-refractivity contribution in [2.24, 2.45) is 5.92 Å². The van der Waals surface area contributed by atoms with Crippen molar-refractivity contribution in [3.05, 3.63) is 0 Å². The normalized spacial score (nSPS) is 32.8. The molecule has 0 aromatic carbocycles. The van der Waals surface area contributed by atoms with Gasteiger partial charge in [0.15, 0.2) is 0 Å². The first-order valence-corrected chi connectivity index (χ1v) is 5.38. The first kappa shape index (κ1) is 10.0. The molecule has 1 fully saturated rings. The summed E-state index contributed by atoms with van der Waals surface area (Å²) in [5, 5.41) is 0. The fourth-order valence-electron chi connectivity index (χ4n) is 2.54. The molecule has 0 aromatic heterocycles. The zero-order chi connectivity index (χ0) is 9.14. The van der Waals surface area contributed by atoms with Gasteiger partial charge in [-0.25, -0.2) is 0 Å². The first-order valence-electron chi connectivity index (χ1n) is 5.38. The predicted molar refractivity (Wildman–Crippen MR) is 54.3 cm³/mol. The molecule has 0 saturated carbocycles. The Bertz CT molecular complexity index is 131. The van der Waals surface area contributed by atoms with Gasteiger partial charge in [0.05, 0.1) is 0 Å². The van der Waals surface area contributed by atoms with E-state index in [0.29, 0.717) is 0 Å². The second-order valence-electron chi connectivity index (χ2n) is 4.47. The van der Waals surface area contributed by atoms with Gasteiger partial charge in [-0.2, -0.15) is 0 Å². The summed E-state index contributed by atoms with van der Waals surface area (Å²) in [6.07, 6.45) is 5.58. The molecule has 0 spiro atoms. The summed E-state index contributed by atoms with van der Waals surface area (Å²) in [4.78, 5) is 2.61. The van der Waals surface area contributed by atoms with E-state index in [-0.39, 0.29) is 0 Å². The molecule has 0 aromatic rings. The van der Waals surface area contributed by atoms with E-state index in [4.69, 9.17) is 0 Å². The monoisotopic (exact) mass is 169 g/mol. The van der Waals surface area contributed by atoms with E-state index in [2.05, 4.69) is 32.7 Å². The summed E-state index contributed by atoms with van der Waals surface area (Å²) < 4.78 is 0. The van der Waals surface area contributed by atoms with Gasteiger partial charge in [-0.05, 0) is 32.2 Å². The molecule has 0 bridgehead atoms. The van der Waals surface area contributed by atoms with E-state index in [0.717, 1.165) is 18.0 Å². The summed E-state index contributed by atoms with van der Waals surface area (Å²) in [5.41, 5.74) is 0. The molecule has 2 unspecified atom stereocenters. The molecular formula is C11H23N. The number of rotatable bonds is 2. The van der Waals surface area contributed by atoms with Gasteiger partial charge in [0, 0.05) is 12.1 Å². The Morgan fingerprint density at radius 2 is 2.00 bits per heavy atom. The standard InChI is InChI=1S/C11H23N/c1-5-10-7-6-8-11(9(2)3)12(10)4/h9-11H,5-8H2,1-4H3. The molecule has 1 heteroatoms. The summed E-state index contributed by atoms with van der Waals surface area (Å²) in [7, 11) is 2.30. The SMILES string of the molecule is CCC1CCCC(C(C)C)N1C. The van der Waals surface area contributed by atoms with Gasteiger partial charge < -0.3 is 4.90 Å². The second kappa shape index (κ2) is 4.27. The van der Waals surface area contributed by atoms with E-state index >= 15 is 0 Å². The molecule has 1 aliphatic rings. The molecule has 0 N–H and O–H groups in total. The number of nitrogens with zero attached hydrogens (tertiary/aromatic N) is 1. The van der Waals surface area contributed by atoms with Gasteiger partial charge in [0.1, 0.15) is 0 Å². The van der Waals surface area contributed by atoms with Crippen molar-refractivity contribution in [1.29, 1.82) is 0 Å². The van der Waals surface area contributed by atoms with Crippen LogP contribution in [0.5, 0.6) is 0 Å². The van der Waals surface area contributed by atoms with Crippen LogP contribution in [0.25, 0.3) is 0 Å². The summed E-state index contributed by atoms with van der Waals surface area (Å²) in [6, 6.07) is 1.69. The number of hydrogen-bond donors (Lipinski definition) is 0. The van der Waals surface area contributed by atoms with E-state index in [9.17, 15) is 0 Å². The van der Waals surface area contributed by atoms with Crippen LogP contribution >= 0.6 is 0 Å². The number of likely N-dealkylation sites (tertiary alicyclic amines) is 1. The van der Waals surface area contributed by atoms with E-state index in [1.165, 1.54) is 25.7 Å². The van der Waals surface area contributed by atoms with Crippen LogP contribution in [0.4, 0.5) is 0 Å². The lowest BCUT2D eigenvalue weighted by Gasteiger charge is -2.41. The van der Waals surface area contributed by atoms with Crippen molar-refractivity contribution in [3.8, 4) is 0 Å². The maximum Gasteiger partial charge on any atom is 0.0118 e. The van der Waals surface area contributed by atoms with Crippen LogP contribution in [0, 0.1) is 5.92 Å². The highest BCUT2D eigenvalue weighted by Crippen LogP contribution is 2.27. The lowest BCUT2D eigenvalue weighted by atomic mass is 9.88. The largest absolute Gasteiger partial charge is 0.300 e. The van der Waals surface area contributed by atoms with Gasteiger partial charge in [0.25, 0.3) is 0 Å². The second-order valence-corrected chi connectivity index (χ2v) is 4.47. The van der Waals surface area contributed by atoms with Crippen molar-refractivity contribution in [2.75, 3.05) is 7.05 Å². The van der Waals surface area contributed by atoms with E-state index in [1.807, 2.05) is 0 Å². The van der Waals surface area contributed by atoms with Gasteiger partial charge in [-0.3, -0.25) is 0 Å². The van der Waals surface area contributed by atoms with Gasteiger partial charge in [-0.1, -0.05) is 27.2 Å². The van der Waals surface area contributed by atoms with Crippen LogP contribution in [-0.4, -0.2) is 24.0 Å². The highest BCUT2D eigenvalue weighted by molar-refractivity contribution is 4.83. The highest BCUT2D eigenvalue weighted by atomic mass is 15.2. The van der Waals surface area contributed by atoms with Crippen molar-refractivity contribution in [3.63, 3.8) is 0 Å². The average Bonchev–Trinajstić information content (AvgIpc) is 2.04. The Morgan fingerprint density at radius 3 is 2.50 bits per heavy atom. The number of piperidine rings is 1. The fraction of sp³-hybridized carbons (Fsp3) is 1.00. The Labute approximate surface area is 77.1 Å². The molecule has 0 aliphatic carbocycles. The Balaban J connectivity index is 2.53. The van der Waals surface area contributed by atoms with E-state index in [1.54, 1.807) is 0 Å². The minimum absolute atomic E-state index is 0.823. The van der Waals surface area contributed by atoms with Crippen LogP contribution in [0.3, 0.4) is 0 Å². The molecule has 0 radical (unpaired) electrons. The third kappa shape index (κ3) is 2.01. The first-order chi connectivity index (χ1) is 5.66. The molecule has 1 aliphatic heterocycles. The lowest BCUT2D eigenvalue weighted by molar-refractivity contribution is 0.0816. The molecule has 2 atom stereocenters. The van der Waals surface area contributed by atoms with Crippen LogP contribution in [0.15, 0.2) is 0 Å². The third-order valence-electron chi connectivity index (χ3n) is 3.38. The van der Waals surface area contributed by atoms with Gasteiger partial charge in [0.2, 0.25) is 0 Å². The molecule has 12 heavy (non-hydrogen) atoms. The quantitative estimate of drug-likeness (QED) is 0.614. The van der Waals surface area contributed by atoms with Crippen molar-refractivity contribution in [2.45, 2.75) is 58.5 Å². The van der Waals surface area contributed by atoms with Crippen molar-refractivity contribution < 1.29 is 0 Å². The maximum absolute atomic E-state index is 2.61. The highest BCUT2D eigenvalue weighted by Gasteiger charge is 2.27. The molecule has 1 rings (SSSR count). The smallest absolute Gasteiger partial charge is 0.0118 e. The predicted octanol–water partition coefficient (Wildman–Crippen LogP) is 2.91. The van der Waals surface area contributed by atoms with Crippen LogP contribution < -0.4 is 0 Å². The summed E-state index contributed by atoms with van der Waals surface area (Å²) >= 11 is 0. The van der Waals surface area contributed by atoms with Gasteiger partial charge in [-0.15, -0.1) is 0 Å². The van der Waals surface area contributed by atoms with Crippen LogP contribution in [0.1, 0.15) is 46.5 Å². The summed E-state index contributed by atoms with van der Waals surface area (Å²) in [6.45, 7) is 7.00. The zero-order valence-electron chi connectivity index (χ0n) is 9.01. The molecular weight excluding hydrogens is 146 g/mol. The van der Waals surface area contributed by atoms with Crippen molar-refractivity contribution >= 4 is 0 Å². The maximum atomic E-state index is 2.61. The van der Waals surface area contributed by atoms with Crippen molar-refractivity contribution in [1.82, 2.24) is 4.90 Å². The van der Waals surface area contributed by atoms with Gasteiger partial charge >= 0.3 is 0 Å². The minimum atomic E-state index is 0.823. The molecule has 0 amide bonds. The van der Waals surface area contributed by atoms with Crippen LogP contribution in [-0.2, 0) is 0 Å². The molecule has 72 valence electrons. The summed E-state index contributed by atoms with van der Waals surface area (Å²) in [5.74, 6) is 0.823. The van der Waals surface area contributed by atoms with Crippen LogP contribution in [0.2, 0.25) is 0 Å².